The molecule has 5 N–H and O–H groups in total. The van der Waals surface area contributed by atoms with Gasteiger partial charge < -0.3 is 21.5 Å². The van der Waals surface area contributed by atoms with Crippen LogP contribution in [0, 0.1) is 4.91 Å². The predicted molar refractivity (Wildman–Crippen MR) is 79.0 cm³/mol. The van der Waals surface area contributed by atoms with Crippen LogP contribution in [-0.2, 0) is 19.2 Å². The number of nitrogens with one attached hydrogen (secondary N) is 2. The lowest BCUT2D eigenvalue weighted by Gasteiger charge is -2.17. The third kappa shape index (κ3) is 8.32. The van der Waals surface area contributed by atoms with Gasteiger partial charge >= 0.3 is 11.9 Å². The van der Waals surface area contributed by atoms with Crippen LogP contribution in [0.15, 0.2) is 5.18 Å². The molecule has 0 spiro atoms. The normalized spacial score (nSPS) is 12.8. The molecule has 0 fully saturated rings. The highest BCUT2D eigenvalue weighted by Gasteiger charge is 2.22. The third-order valence-corrected chi connectivity index (χ3v) is 3.16. The summed E-state index contributed by atoms with van der Waals surface area (Å²) in [5.41, 5.74) is 5.33. The minimum Gasteiger partial charge on any atom is -0.480 e. The maximum absolute atomic E-state index is 11.7. The Bertz CT molecular complexity index is 444. The lowest BCUT2D eigenvalue weighted by Crippen LogP contribution is -2.49. The standard InChI is InChI=1S/C11H18N4O6S/c1-22-5-7(11(20)13-4-9(17)18)14-8(16)3-2-6(12)10(19)15-21/h6-7H,2-5,12H2,1H3,(H,13,20)(H,14,16)(H,17,18). The van der Waals surface area contributed by atoms with E-state index in [4.69, 9.17) is 10.8 Å². The van der Waals surface area contributed by atoms with Crippen LogP contribution in [-0.4, -0.2) is 59.4 Å². The fraction of sp³-hybridized carbons (Fsp3) is 0.636. The van der Waals surface area contributed by atoms with Gasteiger partial charge in [-0.1, -0.05) is 0 Å². The number of amides is 3. The van der Waals surface area contributed by atoms with Crippen molar-refractivity contribution < 1.29 is 24.3 Å². The summed E-state index contributed by atoms with van der Waals surface area (Å²) < 4.78 is 0. The van der Waals surface area contributed by atoms with Crippen LogP contribution in [0.5, 0.6) is 0 Å². The first kappa shape index (κ1) is 20.0. The first-order chi connectivity index (χ1) is 10.3. The molecule has 0 bridgehead atoms. The topological polar surface area (TPSA) is 168 Å². The van der Waals surface area contributed by atoms with Gasteiger partial charge in [0.1, 0.15) is 12.6 Å². The lowest BCUT2D eigenvalue weighted by molar-refractivity contribution is -0.138. The fourth-order valence-electron chi connectivity index (χ4n) is 1.38. The Morgan fingerprint density at radius 3 is 2.45 bits per heavy atom. The van der Waals surface area contributed by atoms with E-state index < -0.39 is 42.3 Å². The summed E-state index contributed by atoms with van der Waals surface area (Å²) in [6.45, 7) is -0.552. The molecule has 0 aliphatic heterocycles. The minimum absolute atomic E-state index is 0.0842. The molecule has 0 saturated carbocycles. The second kappa shape index (κ2) is 10.7. The fourth-order valence-corrected chi connectivity index (χ4v) is 1.95. The van der Waals surface area contributed by atoms with Crippen LogP contribution in [0.4, 0.5) is 0 Å². The highest BCUT2D eigenvalue weighted by Crippen LogP contribution is 2.01. The zero-order valence-corrected chi connectivity index (χ0v) is 12.7. The van der Waals surface area contributed by atoms with Gasteiger partial charge in [0, 0.05) is 17.4 Å². The molecule has 11 heteroatoms. The molecule has 0 aromatic rings. The summed E-state index contributed by atoms with van der Waals surface area (Å²) in [5.74, 6) is -3.17. The number of hydrogen-bond donors (Lipinski definition) is 4. The molecule has 0 heterocycles. The number of nitrogens with zero attached hydrogens (tertiary/aromatic N) is 1. The van der Waals surface area contributed by atoms with E-state index in [0.29, 0.717) is 0 Å². The summed E-state index contributed by atoms with van der Waals surface area (Å²) >= 11 is 1.29. The predicted octanol–water partition coefficient (Wildman–Crippen LogP) is -1.56. The molecule has 2 unspecified atom stereocenters. The summed E-state index contributed by atoms with van der Waals surface area (Å²) in [5, 5.41) is 15.2. The molecule has 2 atom stereocenters. The van der Waals surface area contributed by atoms with Crippen LogP contribution in [0.3, 0.4) is 0 Å². The van der Waals surface area contributed by atoms with Gasteiger partial charge in [0.15, 0.2) is 0 Å². The average molecular weight is 334 g/mol. The number of nitrogens with two attached hydrogens (primary N) is 1. The number of carbonyl (C=O) groups excluding carboxylic acids is 3. The van der Waals surface area contributed by atoms with Crippen molar-refractivity contribution in [2.75, 3.05) is 18.6 Å². The molecule has 22 heavy (non-hydrogen) atoms. The number of rotatable bonds is 10. The van der Waals surface area contributed by atoms with E-state index in [-0.39, 0.29) is 18.6 Å². The molecule has 0 aliphatic carbocycles. The highest BCUT2D eigenvalue weighted by atomic mass is 32.2. The van der Waals surface area contributed by atoms with Crippen molar-refractivity contribution in [2.45, 2.75) is 24.9 Å². The minimum atomic E-state index is -1.20. The number of aliphatic carboxylic acids is 1. The molecular weight excluding hydrogens is 316 g/mol. The number of thioether (sulfide) groups is 1. The molecule has 124 valence electrons. The molecule has 3 amide bonds. The zero-order valence-electron chi connectivity index (χ0n) is 11.9. The number of carbonyl (C=O) groups is 4. The Hall–Kier alpha value is -2.01. The monoisotopic (exact) mass is 334 g/mol. The largest absolute Gasteiger partial charge is 0.480 e. The smallest absolute Gasteiger partial charge is 0.322 e. The summed E-state index contributed by atoms with van der Waals surface area (Å²) in [4.78, 5) is 54.6. The second-order valence-corrected chi connectivity index (χ2v) is 5.17. The summed E-state index contributed by atoms with van der Waals surface area (Å²) in [6, 6.07) is -2.07. The first-order valence-electron chi connectivity index (χ1n) is 6.22. The second-order valence-electron chi connectivity index (χ2n) is 4.26. The number of carboxylic acids is 1. The molecule has 0 aromatic carbocycles. The van der Waals surface area contributed by atoms with Crippen molar-refractivity contribution in [2.24, 2.45) is 10.9 Å². The SMILES string of the molecule is CSCC(NC(=O)CCC(N)C(=O)N=O)C(=O)NCC(=O)O. The Morgan fingerprint density at radius 1 is 1.32 bits per heavy atom. The van der Waals surface area contributed by atoms with E-state index >= 15 is 0 Å². The maximum atomic E-state index is 11.7. The van der Waals surface area contributed by atoms with Crippen molar-refractivity contribution in [3.63, 3.8) is 0 Å². The van der Waals surface area contributed by atoms with Crippen LogP contribution >= 0.6 is 11.8 Å². The van der Waals surface area contributed by atoms with E-state index in [1.807, 2.05) is 0 Å². The lowest BCUT2D eigenvalue weighted by atomic mass is 10.1. The van der Waals surface area contributed by atoms with Crippen molar-refractivity contribution in [3.05, 3.63) is 4.91 Å². The molecule has 0 saturated heterocycles. The van der Waals surface area contributed by atoms with Gasteiger partial charge in [-0.3, -0.25) is 19.2 Å². The van der Waals surface area contributed by atoms with Gasteiger partial charge in [-0.2, -0.15) is 11.8 Å². The zero-order chi connectivity index (χ0) is 17.1. The summed E-state index contributed by atoms with van der Waals surface area (Å²) in [6.07, 6.45) is 1.46. The van der Waals surface area contributed by atoms with E-state index in [2.05, 4.69) is 15.8 Å². The summed E-state index contributed by atoms with van der Waals surface area (Å²) in [7, 11) is 0. The average Bonchev–Trinajstić information content (AvgIpc) is 2.48. The van der Waals surface area contributed by atoms with E-state index in [9.17, 15) is 24.1 Å². The highest BCUT2D eigenvalue weighted by molar-refractivity contribution is 7.98. The maximum Gasteiger partial charge on any atom is 0.322 e. The van der Waals surface area contributed by atoms with Gasteiger partial charge in [0.05, 0.1) is 6.04 Å². The number of carboxylic acid groups (broad SMARTS) is 1. The quantitative estimate of drug-likeness (QED) is 0.348. The molecule has 10 nitrogen and oxygen atoms in total. The van der Waals surface area contributed by atoms with E-state index in [1.54, 1.807) is 6.26 Å². The molecule has 0 aliphatic rings. The Morgan fingerprint density at radius 2 is 1.95 bits per heavy atom. The van der Waals surface area contributed by atoms with Crippen molar-refractivity contribution in [1.82, 2.24) is 10.6 Å². The van der Waals surface area contributed by atoms with Crippen LogP contribution < -0.4 is 16.4 Å². The van der Waals surface area contributed by atoms with Crippen LogP contribution in [0.1, 0.15) is 12.8 Å². The van der Waals surface area contributed by atoms with Crippen molar-refractivity contribution in [3.8, 4) is 0 Å². The van der Waals surface area contributed by atoms with Crippen molar-refractivity contribution in [1.29, 1.82) is 0 Å². The Balaban J connectivity index is 4.39. The van der Waals surface area contributed by atoms with E-state index in [1.165, 1.54) is 11.8 Å². The Labute approximate surface area is 130 Å². The number of hydrogen-bond acceptors (Lipinski definition) is 7. The molecule has 0 aromatic heterocycles. The van der Waals surface area contributed by atoms with Crippen LogP contribution in [0.25, 0.3) is 0 Å². The van der Waals surface area contributed by atoms with Crippen LogP contribution in [0.2, 0.25) is 0 Å². The van der Waals surface area contributed by atoms with Gasteiger partial charge in [-0.25, -0.2) is 0 Å². The van der Waals surface area contributed by atoms with Crippen molar-refractivity contribution >= 4 is 35.5 Å². The molecular formula is C11H18N4O6S. The molecule has 0 radical (unpaired) electrons. The van der Waals surface area contributed by atoms with Gasteiger partial charge in [-0.05, 0) is 12.7 Å². The van der Waals surface area contributed by atoms with E-state index in [0.717, 1.165) is 0 Å². The van der Waals surface area contributed by atoms with Gasteiger partial charge in [0.2, 0.25) is 11.8 Å². The Kier molecular flexibility index (Phi) is 9.70. The molecule has 0 rings (SSSR count). The first-order valence-corrected chi connectivity index (χ1v) is 7.61. The van der Waals surface area contributed by atoms with Gasteiger partial charge in [0.25, 0.3) is 0 Å². The number of nitroso groups, excluding NO2 is 1. The van der Waals surface area contributed by atoms with Gasteiger partial charge in [-0.15, -0.1) is 4.91 Å². The third-order valence-electron chi connectivity index (χ3n) is 2.49.